The van der Waals surface area contributed by atoms with Crippen molar-refractivity contribution in [1.82, 2.24) is 20.0 Å². The molecule has 20 heavy (non-hydrogen) atoms. The minimum absolute atomic E-state index is 0.00651. The fourth-order valence-electron chi connectivity index (χ4n) is 2.38. The molecule has 0 bridgehead atoms. The van der Waals surface area contributed by atoms with Gasteiger partial charge in [0.05, 0.1) is 0 Å². The van der Waals surface area contributed by atoms with Gasteiger partial charge in [0.2, 0.25) is 5.91 Å². The number of amides is 2. The highest BCUT2D eigenvalue weighted by atomic mass is 16.2. The van der Waals surface area contributed by atoms with Crippen LogP contribution in [0.2, 0.25) is 0 Å². The van der Waals surface area contributed by atoms with E-state index in [2.05, 4.69) is 10.4 Å². The predicted molar refractivity (Wildman–Crippen MR) is 75.3 cm³/mol. The Kier molecular flexibility index (Phi) is 4.76. The van der Waals surface area contributed by atoms with Crippen molar-refractivity contribution >= 4 is 11.8 Å². The smallest absolute Gasteiger partial charge is 0.272 e. The maximum Gasteiger partial charge on any atom is 0.272 e. The summed E-state index contributed by atoms with van der Waals surface area (Å²) in [4.78, 5) is 26.1. The zero-order valence-corrected chi connectivity index (χ0v) is 12.1. The number of aryl methyl sites for hydroxylation is 1. The number of hydrogen-bond donors (Lipinski definition) is 1. The number of carbonyl (C=O) groups is 2. The highest BCUT2D eigenvalue weighted by Crippen LogP contribution is 2.10. The summed E-state index contributed by atoms with van der Waals surface area (Å²) >= 11 is 0. The highest BCUT2D eigenvalue weighted by molar-refractivity contribution is 5.95. The predicted octanol–water partition coefficient (Wildman–Crippen LogP) is 1.03. The molecule has 6 heteroatoms. The zero-order chi connectivity index (χ0) is 14.5. The summed E-state index contributed by atoms with van der Waals surface area (Å²) in [6.45, 7) is 5.99. The van der Waals surface area contributed by atoms with Crippen LogP contribution in [0.4, 0.5) is 0 Å². The van der Waals surface area contributed by atoms with Gasteiger partial charge in [-0.1, -0.05) is 0 Å². The van der Waals surface area contributed by atoms with E-state index >= 15 is 0 Å². The molecule has 1 atom stereocenters. The number of nitrogens with one attached hydrogen (secondary N) is 1. The van der Waals surface area contributed by atoms with Crippen LogP contribution in [0, 0.1) is 0 Å². The van der Waals surface area contributed by atoms with Crippen molar-refractivity contribution in [2.24, 2.45) is 0 Å². The molecular formula is C14H22N4O2. The van der Waals surface area contributed by atoms with Crippen LogP contribution in [0.5, 0.6) is 0 Å². The summed E-state index contributed by atoms with van der Waals surface area (Å²) in [6, 6.07) is 1.16. The first-order valence-electron chi connectivity index (χ1n) is 7.25. The second-order valence-corrected chi connectivity index (χ2v) is 5.14. The Morgan fingerprint density at radius 3 is 2.65 bits per heavy atom. The SMILES string of the molecule is CCn1ccc(C(=O)NC(C)C(=O)N2CCCCC2)n1. The van der Waals surface area contributed by atoms with Gasteiger partial charge in [0.15, 0.2) is 0 Å². The average molecular weight is 278 g/mol. The van der Waals surface area contributed by atoms with Gasteiger partial charge in [-0.05, 0) is 39.2 Å². The Labute approximate surface area is 119 Å². The third-order valence-electron chi connectivity index (χ3n) is 3.58. The van der Waals surface area contributed by atoms with Crippen LogP contribution < -0.4 is 5.32 Å². The van der Waals surface area contributed by atoms with Crippen molar-refractivity contribution < 1.29 is 9.59 Å². The van der Waals surface area contributed by atoms with Crippen LogP contribution in [0.1, 0.15) is 43.6 Å². The summed E-state index contributed by atoms with van der Waals surface area (Å²) in [6.07, 6.45) is 5.03. The van der Waals surface area contributed by atoms with E-state index in [1.165, 1.54) is 6.42 Å². The molecule has 1 aliphatic rings. The van der Waals surface area contributed by atoms with Gasteiger partial charge in [0.1, 0.15) is 11.7 Å². The zero-order valence-electron chi connectivity index (χ0n) is 12.1. The van der Waals surface area contributed by atoms with Gasteiger partial charge in [0.25, 0.3) is 5.91 Å². The van der Waals surface area contributed by atoms with Crippen molar-refractivity contribution in [3.8, 4) is 0 Å². The highest BCUT2D eigenvalue weighted by Gasteiger charge is 2.24. The van der Waals surface area contributed by atoms with Crippen molar-refractivity contribution in [2.75, 3.05) is 13.1 Å². The third-order valence-corrected chi connectivity index (χ3v) is 3.58. The molecule has 1 aromatic heterocycles. The van der Waals surface area contributed by atoms with Gasteiger partial charge < -0.3 is 10.2 Å². The molecular weight excluding hydrogens is 256 g/mol. The van der Waals surface area contributed by atoms with Crippen LogP contribution in [0.15, 0.2) is 12.3 Å². The van der Waals surface area contributed by atoms with Gasteiger partial charge in [-0.3, -0.25) is 14.3 Å². The fourth-order valence-corrected chi connectivity index (χ4v) is 2.38. The molecule has 2 amide bonds. The van der Waals surface area contributed by atoms with E-state index < -0.39 is 6.04 Å². The normalized spacial score (nSPS) is 16.8. The number of likely N-dealkylation sites (tertiary alicyclic amines) is 1. The summed E-state index contributed by atoms with van der Waals surface area (Å²) in [7, 11) is 0. The van der Waals surface area contributed by atoms with E-state index in [-0.39, 0.29) is 11.8 Å². The van der Waals surface area contributed by atoms with E-state index in [4.69, 9.17) is 0 Å². The Hall–Kier alpha value is -1.85. The molecule has 0 aromatic carbocycles. The quantitative estimate of drug-likeness (QED) is 0.894. The number of carbonyl (C=O) groups excluding carboxylic acids is 2. The first-order valence-corrected chi connectivity index (χ1v) is 7.25. The third kappa shape index (κ3) is 3.37. The minimum Gasteiger partial charge on any atom is -0.341 e. The topological polar surface area (TPSA) is 67.2 Å². The number of hydrogen-bond acceptors (Lipinski definition) is 3. The van der Waals surface area contributed by atoms with Crippen molar-refractivity contribution in [2.45, 2.75) is 45.7 Å². The van der Waals surface area contributed by atoms with Crippen LogP contribution in [-0.4, -0.2) is 45.6 Å². The molecule has 1 saturated heterocycles. The summed E-state index contributed by atoms with van der Waals surface area (Å²) in [5, 5.41) is 6.86. The molecule has 110 valence electrons. The van der Waals surface area contributed by atoms with Crippen LogP contribution in [0.25, 0.3) is 0 Å². The first kappa shape index (κ1) is 14.6. The van der Waals surface area contributed by atoms with E-state index in [9.17, 15) is 9.59 Å². The monoisotopic (exact) mass is 278 g/mol. The molecule has 0 radical (unpaired) electrons. The fraction of sp³-hybridized carbons (Fsp3) is 0.643. The second kappa shape index (κ2) is 6.54. The van der Waals surface area contributed by atoms with Gasteiger partial charge in [-0.25, -0.2) is 0 Å². The van der Waals surface area contributed by atoms with Crippen molar-refractivity contribution in [3.63, 3.8) is 0 Å². The molecule has 1 N–H and O–H groups in total. The lowest BCUT2D eigenvalue weighted by molar-refractivity contribution is -0.133. The summed E-state index contributed by atoms with van der Waals surface area (Å²) < 4.78 is 1.69. The molecule has 0 aliphatic carbocycles. The van der Waals surface area contributed by atoms with Gasteiger partial charge in [0, 0.05) is 25.8 Å². The standard InChI is InChI=1S/C14H22N4O2/c1-3-18-10-7-12(16-18)13(19)15-11(2)14(20)17-8-5-4-6-9-17/h7,10-11H,3-6,8-9H2,1-2H3,(H,15,19). The Balaban J connectivity index is 1.91. The first-order chi connectivity index (χ1) is 9.61. The Bertz CT molecular complexity index is 477. The van der Waals surface area contributed by atoms with E-state index in [0.29, 0.717) is 5.69 Å². The Morgan fingerprint density at radius 2 is 2.05 bits per heavy atom. The molecule has 0 saturated carbocycles. The maximum absolute atomic E-state index is 12.2. The van der Waals surface area contributed by atoms with E-state index in [0.717, 1.165) is 32.5 Å². The number of piperidine rings is 1. The van der Waals surface area contributed by atoms with Crippen molar-refractivity contribution in [3.05, 3.63) is 18.0 Å². The van der Waals surface area contributed by atoms with Crippen LogP contribution in [-0.2, 0) is 11.3 Å². The lowest BCUT2D eigenvalue weighted by Crippen LogP contribution is -2.48. The molecule has 1 fully saturated rings. The van der Waals surface area contributed by atoms with Gasteiger partial charge in [-0.15, -0.1) is 0 Å². The summed E-state index contributed by atoms with van der Waals surface area (Å²) in [5.74, 6) is -0.303. The molecule has 1 aliphatic heterocycles. The largest absolute Gasteiger partial charge is 0.341 e. The van der Waals surface area contributed by atoms with E-state index in [1.807, 2.05) is 11.8 Å². The molecule has 6 nitrogen and oxygen atoms in total. The lowest BCUT2D eigenvalue weighted by atomic mass is 10.1. The Morgan fingerprint density at radius 1 is 1.35 bits per heavy atom. The number of rotatable bonds is 4. The van der Waals surface area contributed by atoms with Crippen LogP contribution >= 0.6 is 0 Å². The molecule has 1 unspecified atom stereocenters. The molecule has 1 aromatic rings. The molecule has 2 rings (SSSR count). The van der Waals surface area contributed by atoms with Crippen molar-refractivity contribution in [1.29, 1.82) is 0 Å². The van der Waals surface area contributed by atoms with Gasteiger partial charge in [-0.2, -0.15) is 5.10 Å². The number of aromatic nitrogens is 2. The van der Waals surface area contributed by atoms with Gasteiger partial charge >= 0.3 is 0 Å². The molecule has 0 spiro atoms. The van der Waals surface area contributed by atoms with E-state index in [1.54, 1.807) is 23.9 Å². The average Bonchev–Trinajstić information content (AvgIpc) is 2.96. The second-order valence-electron chi connectivity index (χ2n) is 5.14. The summed E-state index contributed by atoms with van der Waals surface area (Å²) in [5.41, 5.74) is 0.352. The number of nitrogens with zero attached hydrogens (tertiary/aromatic N) is 3. The van der Waals surface area contributed by atoms with Crippen LogP contribution in [0.3, 0.4) is 0 Å². The lowest BCUT2D eigenvalue weighted by Gasteiger charge is -2.29. The molecule has 2 heterocycles. The minimum atomic E-state index is -0.507. The maximum atomic E-state index is 12.2.